The molecule has 2 heterocycles. The van der Waals surface area contributed by atoms with Gasteiger partial charge in [-0.15, -0.1) is 0 Å². The Morgan fingerprint density at radius 2 is 2.00 bits per heavy atom. The van der Waals surface area contributed by atoms with Crippen LogP contribution >= 0.6 is 0 Å². The van der Waals surface area contributed by atoms with Crippen LogP contribution in [0.5, 0.6) is 0 Å². The molecule has 0 spiro atoms. The molecule has 1 aliphatic rings. The number of fused-ring (bicyclic) bond motifs is 1. The van der Waals surface area contributed by atoms with Gasteiger partial charge in [0, 0.05) is 6.04 Å². The fourth-order valence-electron chi connectivity index (χ4n) is 2.74. The minimum absolute atomic E-state index is 0.243. The standard InChI is InChI=1S/C12H17N5O.C2H6/c1-6-3-8(4-9(6)18)17-5-14-10-11(13)15-7(2)16-12(10)17;1-2/h5-6,8-9,18H,3-4H2,1-2H3,(H2,13,15,16);1-2H3. The highest BCUT2D eigenvalue weighted by Gasteiger charge is 2.32. The molecule has 2 aromatic heterocycles. The van der Waals surface area contributed by atoms with Gasteiger partial charge < -0.3 is 15.4 Å². The molecule has 3 atom stereocenters. The predicted molar refractivity (Wildman–Crippen MR) is 79.3 cm³/mol. The summed E-state index contributed by atoms with van der Waals surface area (Å²) >= 11 is 0. The van der Waals surface area contributed by atoms with Crippen LogP contribution in [0, 0.1) is 12.8 Å². The lowest BCUT2D eigenvalue weighted by Gasteiger charge is -2.12. The number of nitrogens with zero attached hydrogens (tertiary/aromatic N) is 4. The summed E-state index contributed by atoms with van der Waals surface area (Å²) in [4.78, 5) is 12.8. The first kappa shape index (κ1) is 14.7. The third-order valence-corrected chi connectivity index (χ3v) is 3.77. The summed E-state index contributed by atoms with van der Waals surface area (Å²) in [5.41, 5.74) is 7.26. The number of hydrogen-bond donors (Lipinski definition) is 2. The molecular weight excluding hydrogens is 254 g/mol. The number of anilines is 1. The molecule has 1 saturated carbocycles. The molecule has 6 nitrogen and oxygen atoms in total. The third kappa shape index (κ3) is 2.47. The molecule has 0 aromatic carbocycles. The van der Waals surface area contributed by atoms with Gasteiger partial charge in [0.1, 0.15) is 11.3 Å². The third-order valence-electron chi connectivity index (χ3n) is 3.77. The zero-order chi connectivity index (χ0) is 14.9. The molecule has 6 heteroatoms. The number of nitrogens with two attached hydrogens (primary N) is 1. The number of aliphatic hydroxyl groups excluding tert-OH is 1. The van der Waals surface area contributed by atoms with Crippen LogP contribution in [0.3, 0.4) is 0 Å². The second-order valence-corrected chi connectivity index (χ2v) is 5.15. The maximum absolute atomic E-state index is 9.86. The molecule has 0 aliphatic heterocycles. The van der Waals surface area contributed by atoms with Gasteiger partial charge in [0.15, 0.2) is 11.5 Å². The molecule has 0 saturated heterocycles. The molecule has 20 heavy (non-hydrogen) atoms. The van der Waals surface area contributed by atoms with Crippen molar-refractivity contribution in [2.45, 2.75) is 52.7 Å². The van der Waals surface area contributed by atoms with E-state index in [1.54, 1.807) is 6.33 Å². The fourth-order valence-corrected chi connectivity index (χ4v) is 2.74. The van der Waals surface area contributed by atoms with E-state index in [0.29, 0.717) is 23.1 Å². The molecular formula is C14H23N5O. The second-order valence-electron chi connectivity index (χ2n) is 5.15. The lowest BCUT2D eigenvalue weighted by molar-refractivity contribution is 0.139. The van der Waals surface area contributed by atoms with Crippen molar-refractivity contribution in [2.24, 2.45) is 5.92 Å². The zero-order valence-corrected chi connectivity index (χ0v) is 12.5. The Balaban J connectivity index is 0.000000704. The van der Waals surface area contributed by atoms with Crippen LogP contribution in [0.4, 0.5) is 5.82 Å². The molecule has 3 unspecified atom stereocenters. The average molecular weight is 277 g/mol. The van der Waals surface area contributed by atoms with Gasteiger partial charge in [0.25, 0.3) is 0 Å². The van der Waals surface area contributed by atoms with Crippen molar-refractivity contribution >= 4 is 17.0 Å². The highest BCUT2D eigenvalue weighted by atomic mass is 16.3. The normalized spacial score (nSPS) is 25.6. The number of rotatable bonds is 1. The minimum Gasteiger partial charge on any atom is -0.393 e. The van der Waals surface area contributed by atoms with E-state index in [1.165, 1.54) is 0 Å². The summed E-state index contributed by atoms with van der Waals surface area (Å²) in [6.07, 6.45) is 3.20. The number of aryl methyl sites for hydroxylation is 1. The summed E-state index contributed by atoms with van der Waals surface area (Å²) in [6, 6.07) is 0.244. The topological polar surface area (TPSA) is 89.8 Å². The van der Waals surface area contributed by atoms with Gasteiger partial charge in [-0.2, -0.15) is 0 Å². The second kappa shape index (κ2) is 5.75. The van der Waals surface area contributed by atoms with Crippen LogP contribution in [0.25, 0.3) is 11.2 Å². The number of nitrogen functional groups attached to an aromatic ring is 1. The summed E-state index contributed by atoms with van der Waals surface area (Å²) in [5, 5.41) is 9.86. The first-order valence-electron chi connectivity index (χ1n) is 7.21. The Bertz CT molecular complexity index is 585. The highest BCUT2D eigenvalue weighted by molar-refractivity contribution is 5.81. The van der Waals surface area contributed by atoms with E-state index in [2.05, 4.69) is 21.9 Å². The Morgan fingerprint density at radius 3 is 2.60 bits per heavy atom. The van der Waals surface area contributed by atoms with E-state index in [9.17, 15) is 5.11 Å². The van der Waals surface area contributed by atoms with Crippen molar-refractivity contribution in [2.75, 3.05) is 5.73 Å². The Labute approximate surface area is 119 Å². The average Bonchev–Trinajstić information content (AvgIpc) is 2.96. The van der Waals surface area contributed by atoms with Crippen LogP contribution in [0.15, 0.2) is 6.33 Å². The number of aromatic nitrogens is 4. The Kier molecular flexibility index (Phi) is 4.23. The zero-order valence-electron chi connectivity index (χ0n) is 12.5. The molecule has 1 aliphatic carbocycles. The van der Waals surface area contributed by atoms with E-state index >= 15 is 0 Å². The van der Waals surface area contributed by atoms with E-state index in [0.717, 1.165) is 18.5 Å². The molecule has 0 bridgehead atoms. The molecule has 110 valence electrons. The van der Waals surface area contributed by atoms with Gasteiger partial charge in [0.05, 0.1) is 12.4 Å². The van der Waals surface area contributed by atoms with Crippen molar-refractivity contribution in [1.29, 1.82) is 0 Å². The molecule has 0 amide bonds. The van der Waals surface area contributed by atoms with Crippen molar-refractivity contribution in [3.63, 3.8) is 0 Å². The van der Waals surface area contributed by atoms with Crippen molar-refractivity contribution < 1.29 is 5.11 Å². The van der Waals surface area contributed by atoms with Gasteiger partial charge in [-0.3, -0.25) is 0 Å². The number of imidazole rings is 1. The fraction of sp³-hybridized carbons (Fsp3) is 0.643. The Morgan fingerprint density at radius 1 is 1.30 bits per heavy atom. The summed E-state index contributed by atoms with van der Waals surface area (Å²) in [6.45, 7) is 7.89. The maximum atomic E-state index is 9.86. The maximum Gasteiger partial charge on any atom is 0.166 e. The van der Waals surface area contributed by atoms with Crippen molar-refractivity contribution in [3.8, 4) is 0 Å². The number of hydrogen-bond acceptors (Lipinski definition) is 5. The van der Waals surface area contributed by atoms with E-state index in [-0.39, 0.29) is 12.1 Å². The van der Waals surface area contributed by atoms with Crippen molar-refractivity contribution in [1.82, 2.24) is 19.5 Å². The highest BCUT2D eigenvalue weighted by Crippen LogP contribution is 2.36. The monoisotopic (exact) mass is 277 g/mol. The van der Waals surface area contributed by atoms with Gasteiger partial charge in [-0.05, 0) is 25.7 Å². The van der Waals surface area contributed by atoms with E-state index in [1.807, 2.05) is 25.3 Å². The van der Waals surface area contributed by atoms with Gasteiger partial charge in [-0.1, -0.05) is 20.8 Å². The molecule has 2 aromatic rings. The number of aliphatic hydroxyl groups is 1. The first-order chi connectivity index (χ1) is 9.56. The summed E-state index contributed by atoms with van der Waals surface area (Å²) < 4.78 is 2.02. The van der Waals surface area contributed by atoms with Crippen molar-refractivity contribution in [3.05, 3.63) is 12.2 Å². The predicted octanol–water partition coefficient (Wildman–Crippen LogP) is 2.08. The molecule has 3 rings (SSSR count). The molecule has 3 N–H and O–H groups in total. The molecule has 1 fully saturated rings. The minimum atomic E-state index is -0.243. The van der Waals surface area contributed by atoms with Crippen LogP contribution in [0.1, 0.15) is 45.5 Å². The quantitative estimate of drug-likeness (QED) is 0.833. The first-order valence-corrected chi connectivity index (χ1v) is 7.21. The van der Waals surface area contributed by atoms with E-state index < -0.39 is 0 Å². The van der Waals surface area contributed by atoms with Gasteiger partial charge in [0.2, 0.25) is 0 Å². The largest absolute Gasteiger partial charge is 0.393 e. The lowest BCUT2D eigenvalue weighted by Crippen LogP contribution is -2.09. The van der Waals surface area contributed by atoms with E-state index in [4.69, 9.17) is 5.73 Å². The lowest BCUT2D eigenvalue weighted by atomic mass is 10.1. The summed E-state index contributed by atoms with van der Waals surface area (Å²) in [7, 11) is 0. The van der Waals surface area contributed by atoms with Crippen LogP contribution < -0.4 is 5.73 Å². The van der Waals surface area contributed by atoms with Crippen LogP contribution in [0.2, 0.25) is 0 Å². The molecule has 0 radical (unpaired) electrons. The van der Waals surface area contributed by atoms with Gasteiger partial charge >= 0.3 is 0 Å². The van der Waals surface area contributed by atoms with Crippen LogP contribution in [-0.4, -0.2) is 30.7 Å². The SMILES string of the molecule is CC.Cc1nc(N)c2ncn(C3CC(C)C(O)C3)c2n1. The smallest absolute Gasteiger partial charge is 0.166 e. The Hall–Kier alpha value is -1.69. The van der Waals surface area contributed by atoms with Gasteiger partial charge in [-0.25, -0.2) is 15.0 Å². The summed E-state index contributed by atoms with van der Waals surface area (Å²) in [5.74, 6) is 1.38. The van der Waals surface area contributed by atoms with Crippen LogP contribution in [-0.2, 0) is 0 Å².